The molecular weight excluding hydrogens is 229 g/mol. The van der Waals surface area contributed by atoms with Gasteiger partial charge in [0.05, 0.1) is 5.69 Å². The minimum atomic E-state index is -1.16. The lowest BCUT2D eigenvalue weighted by Gasteiger charge is -2.17. The minimum absolute atomic E-state index is 0.0378. The van der Waals surface area contributed by atoms with E-state index in [1.807, 2.05) is 0 Å². The van der Waals surface area contributed by atoms with E-state index in [1.54, 1.807) is 0 Å². The fourth-order valence-corrected chi connectivity index (χ4v) is 2.02. The zero-order valence-corrected chi connectivity index (χ0v) is 9.40. The van der Waals surface area contributed by atoms with Gasteiger partial charge in [-0.25, -0.2) is 13.2 Å². The van der Waals surface area contributed by atoms with Crippen molar-refractivity contribution in [2.45, 2.75) is 25.3 Å². The van der Waals surface area contributed by atoms with Crippen LogP contribution in [0.1, 0.15) is 19.3 Å². The smallest absolute Gasteiger partial charge is 0.161 e. The Morgan fingerprint density at radius 3 is 2.59 bits per heavy atom. The summed E-state index contributed by atoms with van der Waals surface area (Å²) in [4.78, 5) is 0. The highest BCUT2D eigenvalue weighted by atomic mass is 19.2. The number of hydrogen-bond acceptors (Lipinski definition) is 2. The summed E-state index contributed by atoms with van der Waals surface area (Å²) in [6.45, 7) is 1.79. The predicted octanol–water partition coefficient (Wildman–Crippen LogP) is 2.66. The van der Waals surface area contributed by atoms with Crippen molar-refractivity contribution in [1.82, 2.24) is 5.32 Å². The highest BCUT2D eigenvalue weighted by Gasteiger charge is 2.15. The van der Waals surface area contributed by atoms with E-state index in [2.05, 4.69) is 10.6 Å². The average Bonchev–Trinajstić information content (AvgIpc) is 2.54. The second kappa shape index (κ2) is 5.40. The van der Waals surface area contributed by atoms with Gasteiger partial charge in [-0.1, -0.05) is 0 Å². The van der Waals surface area contributed by atoms with Crippen LogP contribution in [-0.4, -0.2) is 19.1 Å². The van der Waals surface area contributed by atoms with Gasteiger partial charge in [0.15, 0.2) is 11.6 Å². The van der Waals surface area contributed by atoms with Crippen LogP contribution in [0, 0.1) is 17.5 Å². The monoisotopic (exact) mass is 244 g/mol. The normalized spacial score (nSPS) is 21.0. The van der Waals surface area contributed by atoms with E-state index in [-0.39, 0.29) is 11.7 Å². The van der Waals surface area contributed by atoms with E-state index < -0.39 is 17.5 Å². The van der Waals surface area contributed by atoms with Crippen LogP contribution in [0.15, 0.2) is 12.1 Å². The largest absolute Gasteiger partial charge is 0.380 e. The number of halogens is 3. The Hall–Kier alpha value is -1.23. The fourth-order valence-electron chi connectivity index (χ4n) is 2.02. The molecule has 94 valence electrons. The lowest BCUT2D eigenvalue weighted by atomic mass is 10.1. The lowest BCUT2D eigenvalue weighted by Crippen LogP contribution is -2.22. The van der Waals surface area contributed by atoms with Crippen LogP contribution in [0.25, 0.3) is 0 Å². The van der Waals surface area contributed by atoms with Gasteiger partial charge in [-0.2, -0.15) is 0 Å². The molecule has 0 aromatic heterocycles. The molecule has 2 nitrogen and oxygen atoms in total. The van der Waals surface area contributed by atoms with Gasteiger partial charge in [0, 0.05) is 18.2 Å². The van der Waals surface area contributed by atoms with E-state index in [4.69, 9.17) is 0 Å². The van der Waals surface area contributed by atoms with E-state index in [0.717, 1.165) is 38.4 Å². The van der Waals surface area contributed by atoms with E-state index in [1.165, 1.54) is 0 Å². The van der Waals surface area contributed by atoms with Crippen LogP contribution < -0.4 is 10.6 Å². The first kappa shape index (κ1) is 12.2. The summed E-state index contributed by atoms with van der Waals surface area (Å²) in [6.07, 6.45) is 2.73. The number of nitrogens with one attached hydrogen (secondary N) is 2. The molecule has 1 aliphatic heterocycles. The van der Waals surface area contributed by atoms with Crippen LogP contribution in [0.5, 0.6) is 0 Å². The number of rotatable bonds is 2. The molecule has 1 aromatic rings. The molecule has 0 bridgehead atoms. The average molecular weight is 244 g/mol. The first-order chi connectivity index (χ1) is 8.16. The van der Waals surface area contributed by atoms with Gasteiger partial charge in [0.25, 0.3) is 0 Å². The van der Waals surface area contributed by atoms with Crippen molar-refractivity contribution in [2.75, 3.05) is 18.4 Å². The van der Waals surface area contributed by atoms with E-state index in [0.29, 0.717) is 6.07 Å². The third kappa shape index (κ3) is 3.12. The molecule has 1 atom stereocenters. The van der Waals surface area contributed by atoms with Crippen LogP contribution in [0.2, 0.25) is 0 Å². The second-order valence-corrected chi connectivity index (χ2v) is 4.27. The van der Waals surface area contributed by atoms with Crippen molar-refractivity contribution in [3.8, 4) is 0 Å². The summed E-state index contributed by atoms with van der Waals surface area (Å²) in [5.41, 5.74) is 0.0378. The SMILES string of the molecule is Fc1cc(F)c(NC2CCCNCC2)cc1F. The lowest BCUT2D eigenvalue weighted by molar-refractivity contribution is 0.494. The van der Waals surface area contributed by atoms with Gasteiger partial charge in [0.2, 0.25) is 0 Å². The molecular formula is C12H15F3N2. The molecule has 5 heteroatoms. The quantitative estimate of drug-likeness (QED) is 0.781. The topological polar surface area (TPSA) is 24.1 Å². The maximum atomic E-state index is 13.4. The summed E-state index contributed by atoms with van der Waals surface area (Å²) < 4.78 is 39.2. The Kier molecular flexibility index (Phi) is 3.89. The molecule has 1 unspecified atom stereocenters. The maximum absolute atomic E-state index is 13.4. The zero-order chi connectivity index (χ0) is 12.3. The second-order valence-electron chi connectivity index (χ2n) is 4.27. The van der Waals surface area contributed by atoms with Crippen molar-refractivity contribution < 1.29 is 13.2 Å². The molecule has 0 spiro atoms. The Morgan fingerprint density at radius 1 is 1.00 bits per heavy atom. The molecule has 1 aliphatic rings. The van der Waals surface area contributed by atoms with Crippen LogP contribution in [-0.2, 0) is 0 Å². The third-order valence-electron chi connectivity index (χ3n) is 2.95. The minimum Gasteiger partial charge on any atom is -0.380 e. The predicted molar refractivity (Wildman–Crippen MR) is 60.4 cm³/mol. The molecule has 0 amide bonds. The Balaban J connectivity index is 2.09. The van der Waals surface area contributed by atoms with Crippen LogP contribution in [0.4, 0.5) is 18.9 Å². The maximum Gasteiger partial charge on any atom is 0.161 e. The van der Waals surface area contributed by atoms with Crippen molar-refractivity contribution in [3.05, 3.63) is 29.6 Å². The summed E-state index contributed by atoms with van der Waals surface area (Å²) in [5, 5.41) is 6.17. The summed E-state index contributed by atoms with van der Waals surface area (Å²) in [5.74, 6) is -2.93. The number of anilines is 1. The van der Waals surface area contributed by atoms with E-state index in [9.17, 15) is 13.2 Å². The molecule has 17 heavy (non-hydrogen) atoms. The van der Waals surface area contributed by atoms with Gasteiger partial charge in [-0.15, -0.1) is 0 Å². The van der Waals surface area contributed by atoms with Crippen molar-refractivity contribution >= 4 is 5.69 Å². The molecule has 2 rings (SSSR count). The number of benzene rings is 1. The summed E-state index contributed by atoms with van der Waals surface area (Å²) in [6, 6.07) is 1.56. The molecule has 1 saturated heterocycles. The summed E-state index contributed by atoms with van der Waals surface area (Å²) in [7, 11) is 0. The molecule has 2 N–H and O–H groups in total. The first-order valence-electron chi connectivity index (χ1n) is 5.78. The third-order valence-corrected chi connectivity index (χ3v) is 2.95. The Morgan fingerprint density at radius 2 is 1.76 bits per heavy atom. The van der Waals surface area contributed by atoms with Crippen LogP contribution in [0.3, 0.4) is 0 Å². The molecule has 1 heterocycles. The molecule has 1 fully saturated rings. The van der Waals surface area contributed by atoms with Gasteiger partial charge >= 0.3 is 0 Å². The molecule has 0 radical (unpaired) electrons. The van der Waals surface area contributed by atoms with Gasteiger partial charge in [0.1, 0.15) is 5.82 Å². The molecule has 0 aliphatic carbocycles. The van der Waals surface area contributed by atoms with Crippen molar-refractivity contribution in [1.29, 1.82) is 0 Å². The van der Waals surface area contributed by atoms with E-state index >= 15 is 0 Å². The highest BCUT2D eigenvalue weighted by Crippen LogP contribution is 2.21. The summed E-state index contributed by atoms with van der Waals surface area (Å²) >= 11 is 0. The van der Waals surface area contributed by atoms with Crippen molar-refractivity contribution in [3.63, 3.8) is 0 Å². The van der Waals surface area contributed by atoms with Gasteiger partial charge < -0.3 is 10.6 Å². The highest BCUT2D eigenvalue weighted by molar-refractivity contribution is 5.46. The molecule has 1 aromatic carbocycles. The first-order valence-corrected chi connectivity index (χ1v) is 5.78. The number of hydrogen-bond donors (Lipinski definition) is 2. The van der Waals surface area contributed by atoms with Crippen molar-refractivity contribution in [2.24, 2.45) is 0 Å². The Bertz CT molecular complexity index is 388. The molecule has 0 saturated carbocycles. The van der Waals surface area contributed by atoms with Gasteiger partial charge in [-0.3, -0.25) is 0 Å². The van der Waals surface area contributed by atoms with Crippen LogP contribution >= 0.6 is 0 Å². The Labute approximate surface area is 98.2 Å². The van der Waals surface area contributed by atoms with Gasteiger partial charge in [-0.05, 0) is 32.4 Å². The standard InChI is InChI=1S/C12H15F3N2/c13-9-6-11(15)12(7-10(9)14)17-8-2-1-4-16-5-3-8/h6-8,16-17H,1-5H2. The fraction of sp³-hybridized carbons (Fsp3) is 0.500. The zero-order valence-electron chi connectivity index (χ0n) is 9.40.